The molecule has 0 aromatic carbocycles. The van der Waals surface area contributed by atoms with Crippen molar-refractivity contribution in [3.63, 3.8) is 0 Å². The molecule has 16 heavy (non-hydrogen) atoms. The fourth-order valence-electron chi connectivity index (χ4n) is 3.51. The maximum Gasteiger partial charge on any atom is 0.0827 e. The minimum atomic E-state index is -0.609. The summed E-state index contributed by atoms with van der Waals surface area (Å²) in [6, 6.07) is 1.06. The Balaban J connectivity index is 2.04. The first-order chi connectivity index (χ1) is 7.42. The summed E-state index contributed by atoms with van der Waals surface area (Å²) in [4.78, 5) is 2.44. The van der Waals surface area contributed by atoms with Gasteiger partial charge >= 0.3 is 0 Å². The van der Waals surface area contributed by atoms with Crippen LogP contribution in [-0.4, -0.2) is 40.8 Å². The van der Waals surface area contributed by atoms with E-state index in [9.17, 15) is 5.11 Å². The Hall–Kier alpha value is -0.120. The van der Waals surface area contributed by atoms with Gasteiger partial charge in [0.05, 0.1) is 5.60 Å². The average molecular weight is 226 g/mol. The van der Waals surface area contributed by atoms with Gasteiger partial charge in [-0.05, 0) is 45.1 Å². The number of hydrogen-bond donors (Lipinski definition) is 2. The molecule has 3 unspecified atom stereocenters. The molecular weight excluding hydrogens is 200 g/mol. The fraction of sp³-hybridized carbons (Fsp3) is 1.00. The summed E-state index contributed by atoms with van der Waals surface area (Å²) in [5.74, 6) is 0.566. The molecule has 3 heteroatoms. The van der Waals surface area contributed by atoms with E-state index < -0.39 is 5.60 Å². The van der Waals surface area contributed by atoms with Gasteiger partial charge in [-0.3, -0.25) is 0 Å². The lowest BCUT2D eigenvalue weighted by atomic mass is 9.78. The summed E-state index contributed by atoms with van der Waals surface area (Å²) in [7, 11) is 2.19. The fourth-order valence-corrected chi connectivity index (χ4v) is 3.51. The van der Waals surface area contributed by atoms with Gasteiger partial charge in [0.1, 0.15) is 0 Å². The van der Waals surface area contributed by atoms with Crippen molar-refractivity contribution in [3.05, 3.63) is 0 Å². The van der Waals surface area contributed by atoms with Crippen molar-refractivity contribution in [1.82, 2.24) is 4.90 Å². The van der Waals surface area contributed by atoms with Gasteiger partial charge in [-0.25, -0.2) is 0 Å². The molecule has 0 amide bonds. The van der Waals surface area contributed by atoms with Gasteiger partial charge in [0, 0.05) is 18.1 Å². The first-order valence-corrected chi connectivity index (χ1v) is 6.62. The highest BCUT2D eigenvalue weighted by molar-refractivity contribution is 5.04. The lowest BCUT2D eigenvalue weighted by Crippen LogP contribution is -2.58. The van der Waals surface area contributed by atoms with Crippen molar-refractivity contribution >= 4 is 0 Å². The van der Waals surface area contributed by atoms with E-state index in [0.29, 0.717) is 18.0 Å². The summed E-state index contributed by atoms with van der Waals surface area (Å²) >= 11 is 0. The van der Waals surface area contributed by atoms with Crippen LogP contribution in [0, 0.1) is 5.92 Å². The largest absolute Gasteiger partial charge is 0.388 e. The molecule has 0 aliphatic carbocycles. The molecule has 0 aromatic heterocycles. The lowest BCUT2D eigenvalue weighted by molar-refractivity contribution is -0.0655. The van der Waals surface area contributed by atoms with Crippen LogP contribution in [0.5, 0.6) is 0 Å². The van der Waals surface area contributed by atoms with Crippen LogP contribution in [0.25, 0.3) is 0 Å². The number of piperidine rings is 1. The Morgan fingerprint density at radius 2 is 1.81 bits per heavy atom. The van der Waals surface area contributed by atoms with Crippen LogP contribution < -0.4 is 5.73 Å². The summed E-state index contributed by atoms with van der Waals surface area (Å²) in [6.45, 7) is 4.35. The van der Waals surface area contributed by atoms with Crippen molar-refractivity contribution in [2.75, 3.05) is 7.05 Å². The van der Waals surface area contributed by atoms with Crippen LogP contribution in [0.15, 0.2) is 0 Å². The Labute approximate surface area is 99.0 Å². The monoisotopic (exact) mass is 226 g/mol. The first kappa shape index (κ1) is 12.3. The van der Waals surface area contributed by atoms with Crippen LogP contribution in [0.3, 0.4) is 0 Å². The number of nitrogens with zero attached hydrogens (tertiary/aromatic N) is 1. The zero-order chi connectivity index (χ0) is 11.9. The van der Waals surface area contributed by atoms with Crippen LogP contribution in [0.1, 0.15) is 46.0 Å². The third-order valence-corrected chi connectivity index (χ3v) is 4.58. The van der Waals surface area contributed by atoms with Crippen molar-refractivity contribution in [2.24, 2.45) is 11.7 Å². The zero-order valence-corrected chi connectivity index (χ0v) is 10.8. The minimum absolute atomic E-state index is 0.0516. The molecule has 0 radical (unpaired) electrons. The number of aliphatic hydroxyl groups is 1. The maximum atomic E-state index is 10.7. The van der Waals surface area contributed by atoms with Gasteiger partial charge in [0.2, 0.25) is 0 Å². The highest BCUT2D eigenvalue weighted by Gasteiger charge is 2.48. The molecule has 2 saturated heterocycles. The predicted octanol–water partition coefficient (Wildman–Crippen LogP) is 1.35. The van der Waals surface area contributed by atoms with E-state index in [2.05, 4.69) is 25.8 Å². The van der Waals surface area contributed by atoms with Crippen LogP contribution >= 0.6 is 0 Å². The predicted molar refractivity (Wildman–Crippen MR) is 66.2 cm³/mol. The molecule has 2 rings (SSSR count). The second-order valence-corrected chi connectivity index (χ2v) is 6.30. The van der Waals surface area contributed by atoms with Crippen molar-refractivity contribution in [2.45, 2.75) is 69.7 Å². The smallest absolute Gasteiger partial charge is 0.0827 e. The minimum Gasteiger partial charge on any atom is -0.388 e. The van der Waals surface area contributed by atoms with E-state index in [-0.39, 0.29) is 6.04 Å². The van der Waals surface area contributed by atoms with E-state index in [0.717, 1.165) is 19.3 Å². The normalized spacial score (nSPS) is 41.6. The number of nitrogens with two attached hydrogens (primary N) is 1. The summed E-state index contributed by atoms with van der Waals surface area (Å²) in [6.07, 6.45) is 5.14. The van der Waals surface area contributed by atoms with Crippen molar-refractivity contribution in [1.29, 1.82) is 0 Å². The molecule has 0 spiro atoms. The van der Waals surface area contributed by atoms with E-state index in [1.54, 1.807) is 0 Å². The molecule has 3 N–H and O–H groups in total. The van der Waals surface area contributed by atoms with Gasteiger partial charge in [-0.15, -0.1) is 0 Å². The number of hydrogen-bond acceptors (Lipinski definition) is 3. The quantitative estimate of drug-likeness (QED) is 0.763. The molecule has 94 valence electrons. The Morgan fingerprint density at radius 3 is 2.25 bits per heavy atom. The highest BCUT2D eigenvalue weighted by atomic mass is 16.3. The third-order valence-electron chi connectivity index (χ3n) is 4.58. The molecule has 2 aliphatic heterocycles. The molecule has 2 aliphatic rings. The second kappa shape index (κ2) is 4.28. The summed E-state index contributed by atoms with van der Waals surface area (Å²) < 4.78 is 0. The maximum absolute atomic E-state index is 10.7. The zero-order valence-electron chi connectivity index (χ0n) is 10.8. The summed E-state index contributed by atoms with van der Waals surface area (Å²) in [5, 5.41) is 10.7. The lowest BCUT2D eigenvalue weighted by Gasteiger charge is -2.45. The van der Waals surface area contributed by atoms with Gasteiger partial charge in [0.15, 0.2) is 0 Å². The van der Waals surface area contributed by atoms with Crippen LogP contribution in [-0.2, 0) is 0 Å². The summed E-state index contributed by atoms with van der Waals surface area (Å²) in [5.41, 5.74) is 5.60. The van der Waals surface area contributed by atoms with Gasteiger partial charge < -0.3 is 15.7 Å². The molecule has 3 atom stereocenters. The SMILES string of the molecule is CC(C)CC(N)C1(O)CC2CCC(C1)N2C. The van der Waals surface area contributed by atoms with E-state index in [1.807, 2.05) is 0 Å². The first-order valence-electron chi connectivity index (χ1n) is 6.62. The Kier molecular flexibility index (Phi) is 3.30. The van der Waals surface area contributed by atoms with Gasteiger partial charge in [-0.1, -0.05) is 13.8 Å². The van der Waals surface area contributed by atoms with Crippen molar-refractivity contribution in [3.8, 4) is 0 Å². The second-order valence-electron chi connectivity index (χ2n) is 6.30. The molecular formula is C13H26N2O. The topological polar surface area (TPSA) is 49.5 Å². The molecule has 0 saturated carbocycles. The third kappa shape index (κ3) is 2.13. The average Bonchev–Trinajstić information content (AvgIpc) is 2.43. The van der Waals surface area contributed by atoms with Crippen LogP contribution in [0.4, 0.5) is 0 Å². The van der Waals surface area contributed by atoms with E-state index in [1.165, 1.54) is 12.8 Å². The van der Waals surface area contributed by atoms with Gasteiger partial charge in [-0.2, -0.15) is 0 Å². The highest BCUT2D eigenvalue weighted by Crippen LogP contribution is 2.41. The number of fused-ring (bicyclic) bond motifs is 2. The van der Waals surface area contributed by atoms with E-state index >= 15 is 0 Å². The standard InChI is InChI=1S/C13H26N2O/c1-9(2)6-12(14)13(16)7-10-4-5-11(8-13)15(10)3/h9-12,16H,4-8,14H2,1-3H3. The van der Waals surface area contributed by atoms with Crippen LogP contribution in [0.2, 0.25) is 0 Å². The number of rotatable bonds is 3. The van der Waals surface area contributed by atoms with Crippen molar-refractivity contribution < 1.29 is 5.11 Å². The Morgan fingerprint density at radius 1 is 1.31 bits per heavy atom. The Bertz CT molecular complexity index is 240. The molecule has 2 heterocycles. The molecule has 2 bridgehead atoms. The molecule has 0 aromatic rings. The van der Waals surface area contributed by atoms with E-state index in [4.69, 9.17) is 5.73 Å². The van der Waals surface area contributed by atoms with Gasteiger partial charge in [0.25, 0.3) is 0 Å². The molecule has 3 nitrogen and oxygen atoms in total. The molecule has 2 fully saturated rings.